The lowest BCUT2D eigenvalue weighted by Crippen LogP contribution is -1.92. The van der Waals surface area contributed by atoms with Crippen molar-refractivity contribution in [1.29, 1.82) is 0 Å². The maximum atomic E-state index is 10.2. The highest BCUT2D eigenvalue weighted by Gasteiger charge is 2.10. The van der Waals surface area contributed by atoms with Crippen LogP contribution in [-0.4, -0.2) is 5.11 Å². The average molecular weight is 254 g/mol. The normalized spacial score (nSPS) is 10.7. The van der Waals surface area contributed by atoms with Crippen LogP contribution in [0.4, 0.5) is 0 Å². The zero-order valence-corrected chi connectivity index (χ0v) is 12.0. The molecule has 0 aliphatic rings. The molecule has 0 fully saturated rings. The second-order valence-corrected chi connectivity index (χ2v) is 4.90. The van der Waals surface area contributed by atoms with Gasteiger partial charge in [-0.15, -0.1) is 0 Å². The van der Waals surface area contributed by atoms with Gasteiger partial charge in [0.2, 0.25) is 0 Å². The fourth-order valence-corrected chi connectivity index (χ4v) is 2.42. The third-order valence-corrected chi connectivity index (χ3v) is 3.72. The lowest BCUT2D eigenvalue weighted by molar-refractivity contribution is 0.477. The molecule has 1 nitrogen and oxygen atoms in total. The number of hydrogen-bond donors (Lipinski definition) is 1. The molecular formula is C18H22O. The van der Waals surface area contributed by atoms with Gasteiger partial charge in [0.25, 0.3) is 0 Å². The number of phenols is 1. The summed E-state index contributed by atoms with van der Waals surface area (Å²) >= 11 is 0. The van der Waals surface area contributed by atoms with Crippen molar-refractivity contribution >= 4 is 0 Å². The molecule has 0 atom stereocenters. The molecule has 0 spiro atoms. The van der Waals surface area contributed by atoms with Crippen molar-refractivity contribution in [3.63, 3.8) is 0 Å². The highest BCUT2D eigenvalue weighted by Crippen LogP contribution is 2.33. The van der Waals surface area contributed by atoms with Crippen LogP contribution in [0.3, 0.4) is 0 Å². The van der Waals surface area contributed by atoms with Crippen LogP contribution in [0.15, 0.2) is 36.4 Å². The molecule has 2 aromatic rings. The van der Waals surface area contributed by atoms with E-state index in [4.69, 9.17) is 0 Å². The van der Waals surface area contributed by atoms with E-state index >= 15 is 0 Å². The predicted octanol–water partition coefficient (Wildman–Crippen LogP) is 4.75. The first-order valence-corrected chi connectivity index (χ1v) is 7.13. The minimum Gasteiger partial charge on any atom is -0.507 e. The van der Waals surface area contributed by atoms with Crippen LogP contribution < -0.4 is 0 Å². The minimum absolute atomic E-state index is 0.375. The molecule has 0 heterocycles. The molecule has 0 unspecified atom stereocenters. The van der Waals surface area contributed by atoms with Crippen molar-refractivity contribution in [1.82, 2.24) is 0 Å². The SMILES string of the molecule is CCc1ccc(O)c(-c2cc(CC)ccc2CC)c1. The lowest BCUT2D eigenvalue weighted by atomic mass is 9.93. The molecule has 19 heavy (non-hydrogen) atoms. The summed E-state index contributed by atoms with van der Waals surface area (Å²) in [5.74, 6) is 0.375. The summed E-state index contributed by atoms with van der Waals surface area (Å²) in [5, 5.41) is 10.2. The van der Waals surface area contributed by atoms with Crippen molar-refractivity contribution in [2.24, 2.45) is 0 Å². The van der Waals surface area contributed by atoms with Gasteiger partial charge in [-0.1, -0.05) is 45.0 Å². The molecule has 2 rings (SSSR count). The molecule has 100 valence electrons. The van der Waals surface area contributed by atoms with Crippen LogP contribution in [0.1, 0.15) is 37.5 Å². The Morgan fingerprint density at radius 2 is 1.32 bits per heavy atom. The zero-order chi connectivity index (χ0) is 13.8. The van der Waals surface area contributed by atoms with E-state index in [0.717, 1.165) is 24.8 Å². The molecule has 0 aromatic heterocycles. The second kappa shape index (κ2) is 5.92. The summed E-state index contributed by atoms with van der Waals surface area (Å²) in [4.78, 5) is 0. The molecule has 0 saturated carbocycles. The summed E-state index contributed by atoms with van der Waals surface area (Å²) in [6.45, 7) is 6.46. The van der Waals surface area contributed by atoms with E-state index in [-0.39, 0.29) is 0 Å². The summed E-state index contributed by atoms with van der Waals surface area (Å²) in [6.07, 6.45) is 2.99. The number of hydrogen-bond acceptors (Lipinski definition) is 1. The van der Waals surface area contributed by atoms with Crippen LogP contribution in [0.2, 0.25) is 0 Å². The highest BCUT2D eigenvalue weighted by molar-refractivity contribution is 5.74. The average Bonchev–Trinajstić information content (AvgIpc) is 2.47. The Kier molecular flexibility index (Phi) is 4.26. The third-order valence-electron chi connectivity index (χ3n) is 3.72. The molecule has 0 amide bonds. The number of rotatable bonds is 4. The van der Waals surface area contributed by atoms with Crippen molar-refractivity contribution in [2.45, 2.75) is 40.0 Å². The van der Waals surface area contributed by atoms with E-state index in [2.05, 4.69) is 45.0 Å². The molecule has 0 bridgehead atoms. The maximum Gasteiger partial charge on any atom is 0.123 e. The Hall–Kier alpha value is -1.76. The second-order valence-electron chi connectivity index (χ2n) is 4.90. The van der Waals surface area contributed by atoms with E-state index in [1.165, 1.54) is 22.3 Å². The zero-order valence-electron chi connectivity index (χ0n) is 12.0. The number of benzene rings is 2. The number of aromatic hydroxyl groups is 1. The maximum absolute atomic E-state index is 10.2. The Bertz CT molecular complexity index is 570. The van der Waals surface area contributed by atoms with Crippen molar-refractivity contribution in [3.05, 3.63) is 53.1 Å². The van der Waals surface area contributed by atoms with Gasteiger partial charge in [0.15, 0.2) is 0 Å². The summed E-state index contributed by atoms with van der Waals surface area (Å²) in [6, 6.07) is 12.5. The quantitative estimate of drug-likeness (QED) is 0.835. The molecular weight excluding hydrogens is 232 g/mol. The predicted molar refractivity (Wildman–Crippen MR) is 81.7 cm³/mol. The van der Waals surface area contributed by atoms with Gasteiger partial charge < -0.3 is 5.11 Å². The van der Waals surface area contributed by atoms with Crippen LogP contribution in [-0.2, 0) is 19.3 Å². The van der Waals surface area contributed by atoms with Gasteiger partial charge in [0.05, 0.1) is 0 Å². The van der Waals surface area contributed by atoms with Crippen LogP contribution >= 0.6 is 0 Å². The van der Waals surface area contributed by atoms with E-state index in [9.17, 15) is 5.11 Å². The van der Waals surface area contributed by atoms with E-state index < -0.39 is 0 Å². The summed E-state index contributed by atoms with van der Waals surface area (Å²) < 4.78 is 0. The first kappa shape index (κ1) is 13.7. The van der Waals surface area contributed by atoms with Gasteiger partial charge >= 0.3 is 0 Å². The van der Waals surface area contributed by atoms with Crippen molar-refractivity contribution in [2.75, 3.05) is 0 Å². The fraction of sp³-hybridized carbons (Fsp3) is 0.333. The third kappa shape index (κ3) is 2.81. The molecule has 2 aromatic carbocycles. The van der Waals surface area contributed by atoms with Crippen LogP contribution in [0.25, 0.3) is 11.1 Å². The molecule has 1 heteroatoms. The Morgan fingerprint density at radius 3 is 1.89 bits per heavy atom. The fourth-order valence-electron chi connectivity index (χ4n) is 2.42. The smallest absolute Gasteiger partial charge is 0.123 e. The molecule has 0 aliphatic carbocycles. The lowest BCUT2D eigenvalue weighted by Gasteiger charge is -2.13. The van der Waals surface area contributed by atoms with Crippen molar-refractivity contribution in [3.8, 4) is 16.9 Å². The monoisotopic (exact) mass is 254 g/mol. The van der Waals surface area contributed by atoms with Gasteiger partial charge in [-0.05, 0) is 53.6 Å². The Balaban J connectivity index is 2.62. The molecule has 1 N–H and O–H groups in total. The molecule has 0 radical (unpaired) electrons. The van der Waals surface area contributed by atoms with Gasteiger partial charge in [0.1, 0.15) is 5.75 Å². The van der Waals surface area contributed by atoms with Crippen LogP contribution in [0, 0.1) is 0 Å². The van der Waals surface area contributed by atoms with E-state index in [1.54, 1.807) is 0 Å². The van der Waals surface area contributed by atoms with Crippen LogP contribution in [0.5, 0.6) is 5.75 Å². The first-order valence-electron chi connectivity index (χ1n) is 7.13. The minimum atomic E-state index is 0.375. The largest absolute Gasteiger partial charge is 0.507 e. The molecule has 0 aliphatic heterocycles. The van der Waals surface area contributed by atoms with Crippen molar-refractivity contribution < 1.29 is 5.11 Å². The summed E-state index contributed by atoms with van der Waals surface area (Å²) in [5.41, 5.74) is 6.01. The van der Waals surface area contributed by atoms with E-state index in [0.29, 0.717) is 5.75 Å². The highest BCUT2D eigenvalue weighted by atomic mass is 16.3. The standard InChI is InChI=1S/C18H22O/c1-4-13-7-9-15(6-3)16(11-13)17-12-14(5-2)8-10-18(17)19/h7-12,19H,4-6H2,1-3H3. The van der Waals surface area contributed by atoms with Gasteiger partial charge in [-0.2, -0.15) is 0 Å². The summed E-state index contributed by atoms with van der Waals surface area (Å²) in [7, 11) is 0. The Morgan fingerprint density at radius 1 is 0.737 bits per heavy atom. The topological polar surface area (TPSA) is 20.2 Å². The van der Waals surface area contributed by atoms with Gasteiger partial charge in [0, 0.05) is 5.56 Å². The van der Waals surface area contributed by atoms with Gasteiger partial charge in [-0.25, -0.2) is 0 Å². The van der Waals surface area contributed by atoms with Gasteiger partial charge in [-0.3, -0.25) is 0 Å². The number of phenolic OH excluding ortho intramolecular Hbond substituents is 1. The first-order chi connectivity index (χ1) is 9.19. The molecule has 0 saturated heterocycles. The number of aryl methyl sites for hydroxylation is 3. The Labute approximate surface area is 115 Å². The van der Waals surface area contributed by atoms with E-state index in [1.807, 2.05) is 12.1 Å².